The maximum absolute atomic E-state index is 12.4. The van der Waals surface area contributed by atoms with Crippen molar-refractivity contribution in [1.82, 2.24) is 10.6 Å². The lowest BCUT2D eigenvalue weighted by Crippen LogP contribution is -2.22. The van der Waals surface area contributed by atoms with Gasteiger partial charge in [0.15, 0.2) is 0 Å². The van der Waals surface area contributed by atoms with Gasteiger partial charge in [0, 0.05) is 23.1 Å². The molecule has 4 nitrogen and oxygen atoms in total. The van der Waals surface area contributed by atoms with E-state index in [0.29, 0.717) is 18.0 Å². The average Bonchev–Trinajstić information content (AvgIpc) is 3.29. The molecule has 2 aromatic carbocycles. The van der Waals surface area contributed by atoms with Gasteiger partial charge in [-0.25, -0.2) is 0 Å². The Morgan fingerprint density at radius 3 is 2.65 bits per heavy atom. The maximum Gasteiger partial charge on any atom is 0.251 e. The van der Waals surface area contributed by atoms with E-state index in [-0.39, 0.29) is 18.3 Å². The van der Waals surface area contributed by atoms with Crippen LogP contribution in [0.15, 0.2) is 52.9 Å². The molecule has 2 N–H and O–H groups in total. The number of para-hydroxylation sites is 1. The summed E-state index contributed by atoms with van der Waals surface area (Å²) in [5, 5.41) is 7.43. The van der Waals surface area contributed by atoms with Crippen LogP contribution < -0.4 is 10.6 Å². The third kappa shape index (κ3) is 3.62. The van der Waals surface area contributed by atoms with Crippen molar-refractivity contribution >= 4 is 29.3 Å². The highest BCUT2D eigenvalue weighted by atomic mass is 35.5. The third-order valence-electron chi connectivity index (χ3n) is 5.06. The number of furan rings is 1. The summed E-state index contributed by atoms with van der Waals surface area (Å²) < 4.78 is 5.85. The van der Waals surface area contributed by atoms with Crippen molar-refractivity contribution in [3.8, 4) is 0 Å². The molecular formula is C21H23ClN2O2. The van der Waals surface area contributed by atoms with Crippen molar-refractivity contribution in [2.75, 3.05) is 13.1 Å². The number of carbonyl (C=O) groups is 1. The minimum atomic E-state index is -0.0732. The summed E-state index contributed by atoms with van der Waals surface area (Å²) in [6.07, 6.45) is 1.16. The number of nitrogens with one attached hydrogen (secondary N) is 2. The van der Waals surface area contributed by atoms with Gasteiger partial charge in [-0.1, -0.05) is 30.3 Å². The SMILES string of the molecule is Cc1c(CNC(=O)c2ccc(C3CCNC3)cc2)oc2ccccc12.Cl. The van der Waals surface area contributed by atoms with Crippen molar-refractivity contribution in [2.24, 2.45) is 0 Å². The fourth-order valence-corrected chi connectivity index (χ4v) is 3.50. The molecule has 1 unspecified atom stereocenters. The summed E-state index contributed by atoms with van der Waals surface area (Å²) in [6.45, 7) is 4.52. The molecule has 0 bridgehead atoms. The molecule has 4 rings (SSSR count). The quantitative estimate of drug-likeness (QED) is 0.724. The van der Waals surface area contributed by atoms with Crippen LogP contribution in [-0.2, 0) is 6.54 Å². The predicted molar refractivity (Wildman–Crippen MR) is 106 cm³/mol. The summed E-state index contributed by atoms with van der Waals surface area (Å²) in [5.41, 5.74) is 3.93. The molecule has 5 heteroatoms. The number of amides is 1. The highest BCUT2D eigenvalue weighted by Gasteiger charge is 2.17. The van der Waals surface area contributed by atoms with Gasteiger partial charge in [-0.3, -0.25) is 4.79 Å². The molecule has 3 aromatic rings. The van der Waals surface area contributed by atoms with Crippen LogP contribution in [0, 0.1) is 6.92 Å². The zero-order valence-electron chi connectivity index (χ0n) is 14.7. The molecule has 0 saturated carbocycles. The number of fused-ring (bicyclic) bond motifs is 1. The van der Waals surface area contributed by atoms with Gasteiger partial charge in [0.25, 0.3) is 5.91 Å². The van der Waals surface area contributed by atoms with Gasteiger partial charge >= 0.3 is 0 Å². The van der Waals surface area contributed by atoms with Crippen LogP contribution in [0.25, 0.3) is 11.0 Å². The fraction of sp³-hybridized carbons (Fsp3) is 0.286. The van der Waals surface area contributed by atoms with Crippen LogP contribution in [0.4, 0.5) is 0 Å². The maximum atomic E-state index is 12.4. The Balaban J connectivity index is 0.00000196. The molecule has 1 amide bonds. The van der Waals surface area contributed by atoms with Crippen molar-refractivity contribution in [3.05, 3.63) is 71.0 Å². The number of hydrogen-bond donors (Lipinski definition) is 2. The molecule has 26 heavy (non-hydrogen) atoms. The molecule has 2 heterocycles. The highest BCUT2D eigenvalue weighted by molar-refractivity contribution is 5.94. The van der Waals surface area contributed by atoms with Gasteiger partial charge in [-0.2, -0.15) is 0 Å². The Morgan fingerprint density at radius 2 is 1.96 bits per heavy atom. The zero-order valence-corrected chi connectivity index (χ0v) is 15.6. The average molecular weight is 371 g/mol. The number of carbonyl (C=O) groups excluding carboxylic acids is 1. The summed E-state index contributed by atoms with van der Waals surface area (Å²) in [6, 6.07) is 15.9. The second-order valence-electron chi connectivity index (χ2n) is 6.64. The van der Waals surface area contributed by atoms with E-state index in [2.05, 4.69) is 22.8 Å². The molecule has 1 saturated heterocycles. The van der Waals surface area contributed by atoms with Gasteiger partial charge in [0.05, 0.1) is 6.54 Å². The molecule has 1 atom stereocenters. The number of halogens is 1. The second kappa shape index (κ2) is 7.94. The van der Waals surface area contributed by atoms with Crippen LogP contribution in [0.5, 0.6) is 0 Å². The number of aryl methyl sites for hydroxylation is 1. The van der Waals surface area contributed by atoms with Crippen molar-refractivity contribution in [1.29, 1.82) is 0 Å². The first-order valence-corrected chi connectivity index (χ1v) is 8.78. The van der Waals surface area contributed by atoms with E-state index in [4.69, 9.17) is 4.42 Å². The number of hydrogen-bond acceptors (Lipinski definition) is 3. The smallest absolute Gasteiger partial charge is 0.251 e. The standard InChI is InChI=1S/C21H22N2O2.ClH/c1-14-18-4-2-3-5-19(18)25-20(14)13-23-21(24)16-8-6-15(7-9-16)17-10-11-22-12-17;/h2-9,17,22H,10-13H2,1H3,(H,23,24);1H. The van der Waals surface area contributed by atoms with Crippen LogP contribution in [0.1, 0.15) is 39.6 Å². The van der Waals surface area contributed by atoms with Crippen molar-refractivity contribution in [2.45, 2.75) is 25.8 Å². The first kappa shape index (κ1) is 18.5. The monoisotopic (exact) mass is 370 g/mol. The number of benzene rings is 2. The van der Waals surface area contributed by atoms with Gasteiger partial charge < -0.3 is 15.1 Å². The molecule has 0 aliphatic carbocycles. The first-order valence-electron chi connectivity index (χ1n) is 8.78. The lowest BCUT2D eigenvalue weighted by atomic mass is 9.97. The Labute approximate surface area is 159 Å². The van der Waals surface area contributed by atoms with Crippen LogP contribution >= 0.6 is 12.4 Å². The van der Waals surface area contributed by atoms with Gasteiger partial charge in [0.2, 0.25) is 0 Å². The molecule has 1 fully saturated rings. The molecule has 1 aliphatic heterocycles. The largest absolute Gasteiger partial charge is 0.459 e. The van der Waals surface area contributed by atoms with E-state index >= 15 is 0 Å². The zero-order chi connectivity index (χ0) is 17.2. The molecule has 0 radical (unpaired) electrons. The molecule has 1 aliphatic rings. The first-order chi connectivity index (χ1) is 12.2. The predicted octanol–water partition coefficient (Wildman–Crippen LogP) is 4.17. The molecular weight excluding hydrogens is 348 g/mol. The minimum Gasteiger partial charge on any atom is -0.459 e. The third-order valence-corrected chi connectivity index (χ3v) is 5.06. The molecule has 0 spiro atoms. The normalized spacial score (nSPS) is 16.4. The van der Waals surface area contributed by atoms with Crippen LogP contribution in [-0.4, -0.2) is 19.0 Å². The van der Waals surface area contributed by atoms with E-state index in [1.807, 2.05) is 43.3 Å². The van der Waals surface area contributed by atoms with E-state index < -0.39 is 0 Å². The van der Waals surface area contributed by atoms with Crippen molar-refractivity contribution < 1.29 is 9.21 Å². The van der Waals surface area contributed by atoms with E-state index in [0.717, 1.165) is 41.8 Å². The Morgan fingerprint density at radius 1 is 1.19 bits per heavy atom. The highest BCUT2D eigenvalue weighted by Crippen LogP contribution is 2.25. The molecule has 1 aromatic heterocycles. The summed E-state index contributed by atoms with van der Waals surface area (Å²) in [4.78, 5) is 12.4. The topological polar surface area (TPSA) is 54.3 Å². The Kier molecular flexibility index (Phi) is 5.64. The summed E-state index contributed by atoms with van der Waals surface area (Å²) >= 11 is 0. The van der Waals surface area contributed by atoms with E-state index in [9.17, 15) is 4.79 Å². The summed E-state index contributed by atoms with van der Waals surface area (Å²) in [5.74, 6) is 1.30. The molecule has 136 valence electrons. The van der Waals surface area contributed by atoms with Crippen molar-refractivity contribution in [3.63, 3.8) is 0 Å². The Hall–Kier alpha value is -2.30. The lowest BCUT2D eigenvalue weighted by Gasteiger charge is -2.10. The van der Waals surface area contributed by atoms with E-state index in [1.165, 1.54) is 5.56 Å². The fourth-order valence-electron chi connectivity index (χ4n) is 3.50. The van der Waals surface area contributed by atoms with Gasteiger partial charge in [-0.05, 0) is 49.6 Å². The minimum absolute atomic E-state index is 0. The summed E-state index contributed by atoms with van der Waals surface area (Å²) in [7, 11) is 0. The second-order valence-corrected chi connectivity index (χ2v) is 6.64. The van der Waals surface area contributed by atoms with Gasteiger partial charge in [0.1, 0.15) is 11.3 Å². The lowest BCUT2D eigenvalue weighted by molar-refractivity contribution is 0.0948. The Bertz CT molecular complexity index is 896. The van der Waals surface area contributed by atoms with E-state index in [1.54, 1.807) is 0 Å². The van der Waals surface area contributed by atoms with Crippen LogP contribution in [0.3, 0.4) is 0 Å². The van der Waals surface area contributed by atoms with Crippen LogP contribution in [0.2, 0.25) is 0 Å². The van der Waals surface area contributed by atoms with Gasteiger partial charge in [-0.15, -0.1) is 12.4 Å². The number of rotatable bonds is 4.